The van der Waals surface area contributed by atoms with E-state index in [0.29, 0.717) is 5.92 Å². The number of nitrogens with zero attached hydrogens (tertiary/aromatic N) is 2. The lowest BCUT2D eigenvalue weighted by Crippen LogP contribution is -2.20. The molecule has 2 heterocycles. The molecular formula is C18H23N3. The molecule has 1 fully saturated rings. The minimum Gasteiger partial charge on any atom is -0.370 e. The summed E-state index contributed by atoms with van der Waals surface area (Å²) >= 11 is 0. The average Bonchev–Trinajstić information content (AvgIpc) is 3.04. The Bertz CT molecular complexity index is 568. The van der Waals surface area contributed by atoms with E-state index in [2.05, 4.69) is 59.6 Å². The van der Waals surface area contributed by atoms with E-state index in [1.54, 1.807) is 0 Å². The van der Waals surface area contributed by atoms with Crippen LogP contribution in [-0.2, 0) is 0 Å². The van der Waals surface area contributed by atoms with Crippen LogP contribution in [0.3, 0.4) is 0 Å². The Balaban J connectivity index is 1.68. The van der Waals surface area contributed by atoms with Gasteiger partial charge in [-0.1, -0.05) is 43.3 Å². The van der Waals surface area contributed by atoms with Gasteiger partial charge in [-0.05, 0) is 30.5 Å². The highest BCUT2D eigenvalue weighted by Crippen LogP contribution is 2.30. The Labute approximate surface area is 127 Å². The van der Waals surface area contributed by atoms with Gasteiger partial charge >= 0.3 is 0 Å². The third-order valence-corrected chi connectivity index (χ3v) is 4.07. The highest BCUT2D eigenvalue weighted by Gasteiger charge is 2.24. The first kappa shape index (κ1) is 13.9. The summed E-state index contributed by atoms with van der Waals surface area (Å²) < 4.78 is 0. The molecule has 0 bridgehead atoms. The molecule has 0 radical (unpaired) electrons. The van der Waals surface area contributed by atoms with E-state index in [-0.39, 0.29) is 0 Å². The molecule has 3 rings (SSSR count). The van der Waals surface area contributed by atoms with Crippen molar-refractivity contribution in [3.8, 4) is 0 Å². The monoisotopic (exact) mass is 281 g/mol. The van der Waals surface area contributed by atoms with Gasteiger partial charge in [-0.25, -0.2) is 4.98 Å². The number of hydrogen-bond acceptors (Lipinski definition) is 3. The maximum Gasteiger partial charge on any atom is 0.130 e. The third kappa shape index (κ3) is 3.35. The van der Waals surface area contributed by atoms with Gasteiger partial charge in [-0.3, -0.25) is 0 Å². The Kier molecular flexibility index (Phi) is 4.39. The molecule has 3 nitrogen and oxygen atoms in total. The number of rotatable bonds is 5. The van der Waals surface area contributed by atoms with Crippen molar-refractivity contribution in [1.82, 2.24) is 4.98 Å². The van der Waals surface area contributed by atoms with Gasteiger partial charge in [-0.15, -0.1) is 0 Å². The summed E-state index contributed by atoms with van der Waals surface area (Å²) in [4.78, 5) is 7.13. The van der Waals surface area contributed by atoms with E-state index in [9.17, 15) is 0 Å². The van der Waals surface area contributed by atoms with Crippen molar-refractivity contribution in [2.75, 3.05) is 29.9 Å². The number of aromatic nitrogens is 1. The topological polar surface area (TPSA) is 28.2 Å². The van der Waals surface area contributed by atoms with Crippen molar-refractivity contribution >= 4 is 11.6 Å². The van der Waals surface area contributed by atoms with Gasteiger partial charge < -0.3 is 10.2 Å². The minimum absolute atomic E-state index is 0.625. The fourth-order valence-electron chi connectivity index (χ4n) is 2.92. The van der Waals surface area contributed by atoms with Crippen molar-refractivity contribution in [2.24, 2.45) is 0 Å². The lowest BCUT2D eigenvalue weighted by molar-refractivity contribution is 0.774. The second-order valence-electron chi connectivity index (χ2n) is 5.65. The van der Waals surface area contributed by atoms with Crippen molar-refractivity contribution in [3.05, 3.63) is 54.1 Å². The van der Waals surface area contributed by atoms with Crippen molar-refractivity contribution < 1.29 is 0 Å². The van der Waals surface area contributed by atoms with Crippen molar-refractivity contribution in [3.63, 3.8) is 0 Å². The summed E-state index contributed by atoms with van der Waals surface area (Å²) in [5.74, 6) is 2.70. The van der Waals surface area contributed by atoms with E-state index in [1.165, 1.54) is 12.0 Å². The van der Waals surface area contributed by atoms with Crippen LogP contribution in [0.25, 0.3) is 0 Å². The molecule has 3 heteroatoms. The zero-order valence-electron chi connectivity index (χ0n) is 12.6. The van der Waals surface area contributed by atoms with Gasteiger partial charge in [0, 0.05) is 25.6 Å². The molecule has 1 N–H and O–H groups in total. The van der Waals surface area contributed by atoms with Crippen molar-refractivity contribution in [2.45, 2.75) is 25.7 Å². The minimum atomic E-state index is 0.625. The molecule has 0 amide bonds. The van der Waals surface area contributed by atoms with Crippen LogP contribution in [0.1, 0.15) is 31.2 Å². The number of pyridine rings is 1. The molecule has 0 spiro atoms. The Morgan fingerprint density at radius 3 is 2.81 bits per heavy atom. The largest absolute Gasteiger partial charge is 0.370 e. The molecule has 2 aromatic rings. The maximum atomic E-state index is 4.74. The van der Waals surface area contributed by atoms with E-state index in [0.717, 1.165) is 37.7 Å². The predicted molar refractivity (Wildman–Crippen MR) is 89.0 cm³/mol. The van der Waals surface area contributed by atoms with Crippen LogP contribution in [0, 0.1) is 0 Å². The van der Waals surface area contributed by atoms with E-state index in [4.69, 9.17) is 4.98 Å². The van der Waals surface area contributed by atoms with Gasteiger partial charge in [0.15, 0.2) is 0 Å². The first-order valence-corrected chi connectivity index (χ1v) is 7.87. The number of nitrogens with one attached hydrogen (secondary N) is 1. The third-order valence-electron chi connectivity index (χ3n) is 4.07. The molecule has 1 unspecified atom stereocenters. The molecule has 1 atom stereocenters. The van der Waals surface area contributed by atoms with Crippen molar-refractivity contribution in [1.29, 1.82) is 0 Å². The first-order valence-electron chi connectivity index (χ1n) is 7.87. The Hall–Kier alpha value is -2.03. The molecule has 0 aliphatic carbocycles. The van der Waals surface area contributed by atoms with Crippen LogP contribution in [0.15, 0.2) is 48.5 Å². The highest BCUT2D eigenvalue weighted by atomic mass is 15.2. The number of anilines is 2. The number of hydrogen-bond donors (Lipinski definition) is 1. The first-order chi connectivity index (χ1) is 10.4. The summed E-state index contributed by atoms with van der Waals surface area (Å²) in [5, 5.41) is 3.36. The van der Waals surface area contributed by atoms with Crippen LogP contribution in [-0.4, -0.2) is 24.6 Å². The van der Waals surface area contributed by atoms with Gasteiger partial charge in [-0.2, -0.15) is 0 Å². The Morgan fingerprint density at radius 1 is 1.14 bits per heavy atom. The van der Waals surface area contributed by atoms with E-state index in [1.807, 2.05) is 6.07 Å². The highest BCUT2D eigenvalue weighted by molar-refractivity contribution is 5.48. The second kappa shape index (κ2) is 6.61. The van der Waals surface area contributed by atoms with Crippen LogP contribution < -0.4 is 10.2 Å². The SMILES string of the molecule is CCCNc1cccc(N2CCC(c3ccccc3)C2)n1. The van der Waals surface area contributed by atoms with Crippen LogP contribution in [0.2, 0.25) is 0 Å². The summed E-state index contributed by atoms with van der Waals surface area (Å²) in [5.41, 5.74) is 1.44. The zero-order valence-corrected chi connectivity index (χ0v) is 12.6. The lowest BCUT2D eigenvalue weighted by atomic mass is 9.99. The molecule has 1 saturated heterocycles. The molecule has 110 valence electrons. The summed E-state index contributed by atoms with van der Waals surface area (Å²) in [7, 11) is 0. The quantitative estimate of drug-likeness (QED) is 0.901. The predicted octanol–water partition coefficient (Wildman–Crippen LogP) is 3.90. The molecule has 1 aromatic carbocycles. The molecule has 1 aromatic heterocycles. The molecule has 1 aliphatic rings. The van der Waals surface area contributed by atoms with Gasteiger partial charge in [0.05, 0.1) is 0 Å². The molecular weight excluding hydrogens is 258 g/mol. The van der Waals surface area contributed by atoms with Crippen LogP contribution in [0.4, 0.5) is 11.6 Å². The second-order valence-corrected chi connectivity index (χ2v) is 5.65. The smallest absolute Gasteiger partial charge is 0.130 e. The van der Waals surface area contributed by atoms with Crippen LogP contribution >= 0.6 is 0 Å². The standard InChI is InChI=1S/C18H23N3/c1-2-12-19-17-9-6-10-18(20-17)21-13-11-16(14-21)15-7-4-3-5-8-15/h3-10,16H,2,11-14H2,1H3,(H,19,20). The summed E-state index contributed by atoms with van der Waals surface area (Å²) in [6.07, 6.45) is 2.32. The Morgan fingerprint density at radius 2 is 2.00 bits per heavy atom. The van der Waals surface area contributed by atoms with E-state index >= 15 is 0 Å². The van der Waals surface area contributed by atoms with Crippen LogP contribution in [0.5, 0.6) is 0 Å². The van der Waals surface area contributed by atoms with Gasteiger partial charge in [0.25, 0.3) is 0 Å². The normalized spacial score (nSPS) is 18.0. The lowest BCUT2D eigenvalue weighted by Gasteiger charge is -2.18. The fourth-order valence-corrected chi connectivity index (χ4v) is 2.92. The van der Waals surface area contributed by atoms with Gasteiger partial charge in [0.1, 0.15) is 11.6 Å². The summed E-state index contributed by atoms with van der Waals surface area (Å²) in [6, 6.07) is 17.1. The zero-order chi connectivity index (χ0) is 14.5. The fraction of sp³-hybridized carbons (Fsp3) is 0.389. The maximum absolute atomic E-state index is 4.74. The average molecular weight is 281 g/mol. The summed E-state index contributed by atoms with van der Waals surface area (Å²) in [6.45, 7) is 5.29. The molecule has 21 heavy (non-hydrogen) atoms. The molecule has 0 saturated carbocycles. The van der Waals surface area contributed by atoms with E-state index < -0.39 is 0 Å². The number of benzene rings is 1. The molecule has 1 aliphatic heterocycles. The van der Waals surface area contributed by atoms with Gasteiger partial charge in [0.2, 0.25) is 0 Å².